The highest BCUT2D eigenvalue weighted by Gasteiger charge is 2.12. The zero-order valence-corrected chi connectivity index (χ0v) is 12.8. The van der Waals surface area contributed by atoms with Crippen LogP contribution in [0.5, 0.6) is 5.75 Å². The van der Waals surface area contributed by atoms with Gasteiger partial charge >= 0.3 is 0 Å². The summed E-state index contributed by atoms with van der Waals surface area (Å²) in [5.74, 6) is 0.458. The lowest BCUT2D eigenvalue weighted by atomic mass is 10.2. The number of nitrogens with zero attached hydrogens (tertiary/aromatic N) is 2. The fourth-order valence-electron chi connectivity index (χ4n) is 1.54. The van der Waals surface area contributed by atoms with Crippen LogP contribution < -0.4 is 4.74 Å². The average Bonchev–Trinajstić information content (AvgIpc) is 2.37. The van der Waals surface area contributed by atoms with Gasteiger partial charge in [-0.1, -0.05) is 17.7 Å². The molecule has 0 saturated heterocycles. The van der Waals surface area contributed by atoms with Crippen molar-refractivity contribution in [3.05, 3.63) is 39.6 Å². The summed E-state index contributed by atoms with van der Waals surface area (Å²) in [5.41, 5.74) is 2.37. The molecule has 0 aliphatic carbocycles. The molecule has 0 saturated carbocycles. The third kappa shape index (κ3) is 3.43. The molecule has 0 spiro atoms. The fourth-order valence-corrected chi connectivity index (χ4v) is 2.42. The molecular formula is C13H12BrClN2O2. The van der Waals surface area contributed by atoms with Crippen molar-refractivity contribution < 1.29 is 9.47 Å². The van der Waals surface area contributed by atoms with Crippen LogP contribution in [0.1, 0.15) is 5.69 Å². The normalized spacial score (nSPS) is 10.5. The van der Waals surface area contributed by atoms with E-state index in [2.05, 4.69) is 25.9 Å². The van der Waals surface area contributed by atoms with Crippen LogP contribution in [-0.4, -0.2) is 23.9 Å². The standard InChI is InChI=1S/C13H12BrClN2O2/c1-8-4-3-5-10(16-8)11-6-9(14)12(13(15)17-11)19-7-18-2/h3-6H,7H2,1-2H3. The van der Waals surface area contributed by atoms with Gasteiger partial charge in [0.25, 0.3) is 0 Å². The highest BCUT2D eigenvalue weighted by molar-refractivity contribution is 9.10. The van der Waals surface area contributed by atoms with Gasteiger partial charge in [-0.25, -0.2) is 4.98 Å². The monoisotopic (exact) mass is 342 g/mol. The zero-order chi connectivity index (χ0) is 13.8. The highest BCUT2D eigenvalue weighted by atomic mass is 79.9. The summed E-state index contributed by atoms with van der Waals surface area (Å²) in [5, 5.41) is 0.268. The molecule has 0 aromatic carbocycles. The lowest BCUT2D eigenvalue weighted by Crippen LogP contribution is -2.01. The molecule has 19 heavy (non-hydrogen) atoms. The number of methoxy groups -OCH3 is 1. The molecule has 4 nitrogen and oxygen atoms in total. The quantitative estimate of drug-likeness (QED) is 0.625. The first-order valence-corrected chi connectivity index (χ1v) is 6.70. The topological polar surface area (TPSA) is 44.2 Å². The maximum Gasteiger partial charge on any atom is 0.188 e. The summed E-state index contributed by atoms with van der Waals surface area (Å²) >= 11 is 9.52. The van der Waals surface area contributed by atoms with E-state index in [1.54, 1.807) is 7.11 Å². The maximum atomic E-state index is 6.11. The van der Waals surface area contributed by atoms with Gasteiger partial charge in [-0.05, 0) is 41.1 Å². The number of rotatable bonds is 4. The number of aromatic nitrogens is 2. The van der Waals surface area contributed by atoms with Crippen LogP contribution in [0.4, 0.5) is 0 Å². The van der Waals surface area contributed by atoms with Gasteiger partial charge in [0.05, 0.1) is 15.9 Å². The van der Waals surface area contributed by atoms with Crippen molar-refractivity contribution >= 4 is 27.5 Å². The summed E-state index contributed by atoms with van der Waals surface area (Å²) in [7, 11) is 1.54. The van der Waals surface area contributed by atoms with Crippen molar-refractivity contribution in [3.63, 3.8) is 0 Å². The highest BCUT2D eigenvalue weighted by Crippen LogP contribution is 2.34. The van der Waals surface area contributed by atoms with Crippen LogP contribution in [-0.2, 0) is 4.74 Å². The number of hydrogen-bond acceptors (Lipinski definition) is 4. The van der Waals surface area contributed by atoms with Crippen molar-refractivity contribution in [1.82, 2.24) is 9.97 Å². The molecule has 2 rings (SSSR count). The predicted octanol–water partition coefficient (Wildman–Crippen LogP) is 3.85. The van der Waals surface area contributed by atoms with Crippen LogP contribution in [0.25, 0.3) is 11.4 Å². The second-order valence-electron chi connectivity index (χ2n) is 3.82. The molecule has 0 fully saturated rings. The van der Waals surface area contributed by atoms with Gasteiger partial charge in [0.2, 0.25) is 0 Å². The first-order valence-electron chi connectivity index (χ1n) is 5.53. The molecule has 0 atom stereocenters. The molecule has 0 bridgehead atoms. The van der Waals surface area contributed by atoms with Crippen molar-refractivity contribution in [1.29, 1.82) is 0 Å². The minimum Gasteiger partial charge on any atom is -0.463 e. The van der Waals surface area contributed by atoms with Crippen molar-refractivity contribution in [2.24, 2.45) is 0 Å². The van der Waals surface area contributed by atoms with E-state index < -0.39 is 0 Å². The number of pyridine rings is 2. The van der Waals surface area contributed by atoms with Crippen molar-refractivity contribution in [2.45, 2.75) is 6.92 Å². The number of ether oxygens (including phenoxy) is 2. The molecule has 2 aromatic rings. The Kier molecular flexibility index (Phi) is 4.74. The lowest BCUT2D eigenvalue weighted by molar-refractivity contribution is 0.0504. The Hall–Kier alpha value is -1.17. The molecular weight excluding hydrogens is 332 g/mol. The average molecular weight is 344 g/mol. The Balaban J connectivity index is 2.39. The Morgan fingerprint density at radius 1 is 1.26 bits per heavy atom. The Labute approximate surface area is 124 Å². The smallest absolute Gasteiger partial charge is 0.188 e. The van der Waals surface area contributed by atoms with Gasteiger partial charge < -0.3 is 9.47 Å². The lowest BCUT2D eigenvalue weighted by Gasteiger charge is -2.10. The van der Waals surface area contributed by atoms with Gasteiger partial charge in [0.1, 0.15) is 0 Å². The number of hydrogen-bond donors (Lipinski definition) is 0. The third-order valence-electron chi connectivity index (χ3n) is 2.36. The SMILES string of the molecule is COCOc1c(Br)cc(-c2cccc(C)n2)nc1Cl. The fraction of sp³-hybridized carbons (Fsp3) is 0.231. The van der Waals surface area contributed by atoms with E-state index in [-0.39, 0.29) is 11.9 Å². The van der Waals surface area contributed by atoms with Gasteiger partial charge in [0.15, 0.2) is 17.7 Å². The van der Waals surface area contributed by atoms with Crippen molar-refractivity contribution in [3.8, 4) is 17.1 Å². The molecule has 2 aromatic heterocycles. The van der Waals surface area contributed by atoms with E-state index in [1.165, 1.54) is 0 Å². The zero-order valence-electron chi connectivity index (χ0n) is 10.5. The summed E-state index contributed by atoms with van der Waals surface area (Å²) in [6, 6.07) is 7.55. The predicted molar refractivity (Wildman–Crippen MR) is 77.4 cm³/mol. The molecule has 100 valence electrons. The van der Waals surface area contributed by atoms with Crippen LogP contribution in [0, 0.1) is 6.92 Å². The molecule has 0 amide bonds. The number of aryl methyl sites for hydroxylation is 1. The molecule has 0 radical (unpaired) electrons. The van der Waals surface area contributed by atoms with E-state index >= 15 is 0 Å². The van der Waals surface area contributed by atoms with E-state index in [9.17, 15) is 0 Å². The molecule has 0 unspecified atom stereocenters. The van der Waals surface area contributed by atoms with Gasteiger partial charge in [-0.15, -0.1) is 0 Å². The van der Waals surface area contributed by atoms with Crippen molar-refractivity contribution in [2.75, 3.05) is 13.9 Å². The Bertz CT molecular complexity index is 570. The number of halogens is 2. The molecule has 6 heteroatoms. The first kappa shape index (κ1) is 14.2. The Morgan fingerprint density at radius 2 is 2.05 bits per heavy atom. The second-order valence-corrected chi connectivity index (χ2v) is 5.04. The minimum absolute atomic E-state index is 0.113. The maximum absolute atomic E-state index is 6.11. The van der Waals surface area contributed by atoms with E-state index in [0.29, 0.717) is 15.9 Å². The van der Waals surface area contributed by atoms with E-state index in [0.717, 1.165) is 11.4 Å². The molecule has 2 heterocycles. The van der Waals surface area contributed by atoms with Crippen LogP contribution in [0.3, 0.4) is 0 Å². The minimum atomic E-state index is 0.113. The van der Waals surface area contributed by atoms with Gasteiger partial charge in [-0.3, -0.25) is 4.98 Å². The summed E-state index contributed by atoms with van der Waals surface area (Å²) in [4.78, 5) is 8.70. The summed E-state index contributed by atoms with van der Waals surface area (Å²) in [6.07, 6.45) is 0. The van der Waals surface area contributed by atoms with Crippen LogP contribution in [0.15, 0.2) is 28.7 Å². The van der Waals surface area contributed by atoms with Gasteiger partial charge in [0, 0.05) is 12.8 Å². The van der Waals surface area contributed by atoms with Crippen LogP contribution in [0.2, 0.25) is 5.15 Å². The van der Waals surface area contributed by atoms with E-state index in [1.807, 2.05) is 31.2 Å². The Morgan fingerprint density at radius 3 is 2.68 bits per heavy atom. The third-order valence-corrected chi connectivity index (χ3v) is 3.20. The molecule has 0 aliphatic rings. The van der Waals surface area contributed by atoms with E-state index in [4.69, 9.17) is 21.1 Å². The summed E-state index contributed by atoms with van der Waals surface area (Å²) in [6.45, 7) is 2.04. The largest absolute Gasteiger partial charge is 0.463 e. The van der Waals surface area contributed by atoms with Gasteiger partial charge in [-0.2, -0.15) is 0 Å². The summed E-state index contributed by atoms with van der Waals surface area (Å²) < 4.78 is 10.9. The first-order chi connectivity index (χ1) is 9.11. The van der Waals surface area contributed by atoms with Crippen LogP contribution >= 0.6 is 27.5 Å². The molecule has 0 aliphatic heterocycles. The molecule has 0 N–H and O–H groups in total. The second kappa shape index (κ2) is 6.32.